The molecule has 0 aromatic rings. The van der Waals surface area contributed by atoms with E-state index in [1.807, 2.05) is 6.92 Å². The number of aliphatic carboxylic acids is 1. The Balaban J connectivity index is 3.55. The first kappa shape index (κ1) is 9.17. The van der Waals surface area contributed by atoms with Gasteiger partial charge in [0, 0.05) is 0 Å². The Labute approximate surface area is 60.0 Å². The van der Waals surface area contributed by atoms with Gasteiger partial charge in [0.2, 0.25) is 0 Å². The molecular formula is C7H12O3. The molecule has 0 amide bonds. The van der Waals surface area contributed by atoms with Crippen LogP contribution in [-0.2, 0) is 4.79 Å². The monoisotopic (exact) mass is 144 g/mol. The van der Waals surface area contributed by atoms with Crippen molar-refractivity contribution < 1.29 is 15.0 Å². The minimum Gasteiger partial charge on any atom is -0.479 e. The van der Waals surface area contributed by atoms with Crippen LogP contribution in [0.4, 0.5) is 0 Å². The lowest BCUT2D eigenvalue weighted by atomic mass is 10.2. The fourth-order valence-corrected chi connectivity index (χ4v) is 0.474. The van der Waals surface area contributed by atoms with Crippen LogP contribution in [0.15, 0.2) is 12.2 Å². The molecule has 0 aliphatic heterocycles. The second-order valence-electron chi connectivity index (χ2n) is 2.00. The van der Waals surface area contributed by atoms with Crippen molar-refractivity contribution in [2.24, 2.45) is 0 Å². The lowest BCUT2D eigenvalue weighted by molar-refractivity contribution is -0.144. The number of rotatable bonds is 4. The molecule has 0 aromatic carbocycles. The summed E-state index contributed by atoms with van der Waals surface area (Å²) in [5.74, 6) is -1.20. The van der Waals surface area contributed by atoms with Gasteiger partial charge < -0.3 is 10.2 Å². The predicted molar refractivity (Wildman–Crippen MR) is 37.7 cm³/mol. The lowest BCUT2D eigenvalue weighted by Crippen LogP contribution is -2.15. The maximum absolute atomic E-state index is 9.99. The van der Waals surface area contributed by atoms with E-state index in [0.717, 1.165) is 12.8 Å². The van der Waals surface area contributed by atoms with E-state index in [1.165, 1.54) is 6.08 Å². The third-order valence-electron chi connectivity index (χ3n) is 1.03. The third-order valence-corrected chi connectivity index (χ3v) is 1.03. The van der Waals surface area contributed by atoms with E-state index in [0.29, 0.717) is 0 Å². The molecular weight excluding hydrogens is 132 g/mol. The first-order valence-electron chi connectivity index (χ1n) is 3.26. The van der Waals surface area contributed by atoms with Crippen LogP contribution < -0.4 is 0 Å². The van der Waals surface area contributed by atoms with Gasteiger partial charge in [-0.1, -0.05) is 19.4 Å². The molecule has 0 fully saturated rings. The van der Waals surface area contributed by atoms with E-state index in [9.17, 15) is 4.79 Å². The summed E-state index contributed by atoms with van der Waals surface area (Å²) < 4.78 is 0. The summed E-state index contributed by atoms with van der Waals surface area (Å²) in [5.41, 5.74) is 0. The number of allylic oxidation sites excluding steroid dienone is 1. The van der Waals surface area contributed by atoms with Crippen molar-refractivity contribution in [2.45, 2.75) is 25.9 Å². The van der Waals surface area contributed by atoms with Gasteiger partial charge in [0.05, 0.1) is 0 Å². The second kappa shape index (κ2) is 4.99. The summed E-state index contributed by atoms with van der Waals surface area (Å²) >= 11 is 0. The van der Waals surface area contributed by atoms with Crippen LogP contribution in [0.3, 0.4) is 0 Å². The van der Waals surface area contributed by atoms with Crippen LogP contribution in [-0.4, -0.2) is 22.3 Å². The lowest BCUT2D eigenvalue weighted by Gasteiger charge is -1.95. The highest BCUT2D eigenvalue weighted by Crippen LogP contribution is 1.91. The first-order chi connectivity index (χ1) is 4.68. The minimum absolute atomic E-state index is 0.810. The number of hydrogen-bond acceptors (Lipinski definition) is 2. The molecule has 3 heteroatoms. The Kier molecular flexibility index (Phi) is 4.58. The van der Waals surface area contributed by atoms with E-state index in [2.05, 4.69) is 0 Å². The van der Waals surface area contributed by atoms with Gasteiger partial charge in [-0.2, -0.15) is 0 Å². The molecule has 0 aromatic heterocycles. The van der Waals surface area contributed by atoms with Gasteiger partial charge in [0.1, 0.15) is 0 Å². The molecule has 0 saturated heterocycles. The molecule has 1 atom stereocenters. The minimum atomic E-state index is -1.34. The highest BCUT2D eigenvalue weighted by Gasteiger charge is 2.06. The SMILES string of the molecule is CCC/C=C/[C@H](O)C(=O)O. The zero-order valence-electron chi connectivity index (χ0n) is 5.95. The quantitative estimate of drug-likeness (QED) is 0.573. The predicted octanol–water partition coefficient (Wildman–Crippen LogP) is 0.788. The van der Waals surface area contributed by atoms with E-state index < -0.39 is 12.1 Å². The molecule has 0 spiro atoms. The molecule has 0 unspecified atom stereocenters. The summed E-state index contributed by atoms with van der Waals surface area (Å²) in [5, 5.41) is 16.8. The maximum atomic E-state index is 9.99. The van der Waals surface area contributed by atoms with Gasteiger partial charge in [-0.15, -0.1) is 0 Å². The van der Waals surface area contributed by atoms with Crippen molar-refractivity contribution in [1.82, 2.24) is 0 Å². The number of aliphatic hydroxyl groups excluding tert-OH is 1. The van der Waals surface area contributed by atoms with Crippen molar-refractivity contribution in [3.05, 3.63) is 12.2 Å². The van der Waals surface area contributed by atoms with Crippen LogP contribution in [0.2, 0.25) is 0 Å². The highest BCUT2D eigenvalue weighted by atomic mass is 16.4. The second-order valence-corrected chi connectivity index (χ2v) is 2.00. The van der Waals surface area contributed by atoms with Crippen molar-refractivity contribution in [2.75, 3.05) is 0 Å². The van der Waals surface area contributed by atoms with E-state index in [4.69, 9.17) is 10.2 Å². The summed E-state index contributed by atoms with van der Waals surface area (Å²) in [7, 11) is 0. The van der Waals surface area contributed by atoms with Crippen LogP contribution in [0.25, 0.3) is 0 Å². The number of hydrogen-bond donors (Lipinski definition) is 2. The molecule has 3 nitrogen and oxygen atoms in total. The Hall–Kier alpha value is -0.830. The Morgan fingerprint density at radius 1 is 1.70 bits per heavy atom. The molecule has 0 aliphatic carbocycles. The zero-order valence-corrected chi connectivity index (χ0v) is 5.95. The molecule has 0 bridgehead atoms. The van der Waals surface area contributed by atoms with Gasteiger partial charge >= 0.3 is 5.97 Å². The fourth-order valence-electron chi connectivity index (χ4n) is 0.474. The van der Waals surface area contributed by atoms with Crippen molar-refractivity contribution in [1.29, 1.82) is 0 Å². The van der Waals surface area contributed by atoms with E-state index in [-0.39, 0.29) is 0 Å². The summed E-state index contributed by atoms with van der Waals surface area (Å²) in [6.07, 6.45) is 3.38. The standard InChI is InChI=1S/C7H12O3/c1-2-3-4-5-6(8)7(9)10/h4-6,8H,2-3H2,1H3,(H,9,10)/b5-4+/t6-/m0/s1. The molecule has 0 heterocycles. The van der Waals surface area contributed by atoms with Gasteiger partial charge in [0.25, 0.3) is 0 Å². The largest absolute Gasteiger partial charge is 0.479 e. The van der Waals surface area contributed by atoms with Crippen molar-refractivity contribution in [3.8, 4) is 0 Å². The van der Waals surface area contributed by atoms with Crippen molar-refractivity contribution in [3.63, 3.8) is 0 Å². The number of carbonyl (C=O) groups is 1. The number of carboxylic acid groups (broad SMARTS) is 1. The van der Waals surface area contributed by atoms with Crippen LogP contribution in [0.5, 0.6) is 0 Å². The van der Waals surface area contributed by atoms with Gasteiger partial charge in [-0.3, -0.25) is 0 Å². The smallest absolute Gasteiger partial charge is 0.336 e. The number of unbranched alkanes of at least 4 members (excludes halogenated alkanes) is 1. The van der Waals surface area contributed by atoms with E-state index >= 15 is 0 Å². The molecule has 0 radical (unpaired) electrons. The molecule has 2 N–H and O–H groups in total. The van der Waals surface area contributed by atoms with E-state index in [1.54, 1.807) is 6.08 Å². The molecule has 0 rings (SSSR count). The number of aliphatic hydroxyl groups is 1. The summed E-state index contributed by atoms with van der Waals surface area (Å²) in [6.45, 7) is 1.98. The summed E-state index contributed by atoms with van der Waals surface area (Å²) in [6, 6.07) is 0. The van der Waals surface area contributed by atoms with Gasteiger partial charge in [0.15, 0.2) is 6.10 Å². The molecule has 0 saturated carbocycles. The zero-order chi connectivity index (χ0) is 7.98. The van der Waals surface area contributed by atoms with Gasteiger partial charge in [-0.25, -0.2) is 4.79 Å². The highest BCUT2D eigenvalue weighted by molar-refractivity contribution is 5.74. The molecule has 58 valence electrons. The summed E-state index contributed by atoms with van der Waals surface area (Å²) in [4.78, 5) is 9.99. The van der Waals surface area contributed by atoms with Crippen LogP contribution in [0.1, 0.15) is 19.8 Å². The Bertz CT molecular complexity index is 129. The average molecular weight is 144 g/mol. The van der Waals surface area contributed by atoms with Gasteiger partial charge in [-0.05, 0) is 12.5 Å². The Morgan fingerprint density at radius 2 is 2.30 bits per heavy atom. The first-order valence-corrected chi connectivity index (χ1v) is 3.26. The Morgan fingerprint density at radius 3 is 2.70 bits per heavy atom. The normalized spacial score (nSPS) is 13.8. The van der Waals surface area contributed by atoms with Crippen LogP contribution >= 0.6 is 0 Å². The maximum Gasteiger partial charge on any atom is 0.336 e. The average Bonchev–Trinajstić information content (AvgIpc) is 1.88. The topological polar surface area (TPSA) is 57.5 Å². The molecule has 0 aliphatic rings. The fraction of sp³-hybridized carbons (Fsp3) is 0.571. The van der Waals surface area contributed by atoms with Crippen LogP contribution in [0, 0.1) is 0 Å². The number of carboxylic acids is 1. The third kappa shape index (κ3) is 4.09. The van der Waals surface area contributed by atoms with Crippen molar-refractivity contribution >= 4 is 5.97 Å². The molecule has 10 heavy (non-hydrogen) atoms.